The van der Waals surface area contributed by atoms with E-state index in [-0.39, 0.29) is 5.48 Å². The van der Waals surface area contributed by atoms with Crippen molar-refractivity contribution < 1.29 is 15.4 Å². The molecule has 0 radical (unpaired) electrons. The highest BCUT2D eigenvalue weighted by Crippen LogP contribution is 2.11. The third kappa shape index (κ3) is 5.15. The van der Waals surface area contributed by atoms with Gasteiger partial charge in [0.05, 0.1) is 6.10 Å². The van der Waals surface area contributed by atoms with Gasteiger partial charge in [-0.25, -0.2) is 5.48 Å². The Balaban J connectivity index is 0. The van der Waals surface area contributed by atoms with Gasteiger partial charge in [0.1, 0.15) is 5.60 Å². The molecule has 11 heavy (non-hydrogen) atoms. The van der Waals surface area contributed by atoms with Crippen molar-refractivity contribution in [3.63, 3.8) is 0 Å². The zero-order valence-electron chi connectivity index (χ0n) is 7.64. The fourth-order valence-corrected chi connectivity index (χ4v) is 0.343. The average molecular weight is 165 g/mol. The summed E-state index contributed by atoms with van der Waals surface area (Å²) in [5.41, 5.74) is 2.21. The summed E-state index contributed by atoms with van der Waals surface area (Å²) in [6.07, 6.45) is -0.466. The van der Waals surface area contributed by atoms with Gasteiger partial charge in [0.25, 0.3) is 0 Å². The minimum Gasteiger partial charge on any atom is -0.412 e. The van der Waals surface area contributed by atoms with Gasteiger partial charge in [-0.2, -0.15) is 0 Å². The maximum atomic E-state index is 9.14. The van der Waals surface area contributed by atoms with Crippen LogP contribution in [-0.4, -0.2) is 28.8 Å². The van der Waals surface area contributed by atoms with Crippen LogP contribution in [-0.2, 0) is 4.84 Å². The number of aliphatic hydroxyl groups is 1. The highest BCUT2D eigenvalue weighted by atomic mass is 16.7. The lowest BCUT2D eigenvalue weighted by Gasteiger charge is -2.27. The molecule has 0 aliphatic carbocycles. The summed E-state index contributed by atoms with van der Waals surface area (Å²) in [6.45, 7) is 8.06. The monoisotopic (exact) mass is 165 g/mol. The van der Waals surface area contributed by atoms with Crippen molar-refractivity contribution in [1.29, 1.82) is 0 Å². The van der Waals surface area contributed by atoms with Gasteiger partial charge in [0, 0.05) is 6.54 Å². The molecular formula is C7H19NO3. The number of rotatable bonds is 4. The van der Waals surface area contributed by atoms with E-state index in [1.807, 2.05) is 20.8 Å². The molecule has 0 fully saturated rings. The molecule has 1 atom stereocenters. The topological polar surface area (TPSA) is 73.0 Å². The van der Waals surface area contributed by atoms with Crippen LogP contribution in [0.4, 0.5) is 0 Å². The second-order valence-corrected chi connectivity index (χ2v) is 2.88. The van der Waals surface area contributed by atoms with Crippen molar-refractivity contribution in [1.82, 2.24) is 5.48 Å². The van der Waals surface area contributed by atoms with E-state index in [1.165, 1.54) is 0 Å². The van der Waals surface area contributed by atoms with Crippen molar-refractivity contribution in [2.75, 3.05) is 6.54 Å². The molecule has 0 aliphatic heterocycles. The van der Waals surface area contributed by atoms with E-state index in [1.54, 1.807) is 6.92 Å². The SMILES string of the molecule is CCNOC(C)(C)C(C)O.O. The van der Waals surface area contributed by atoms with E-state index >= 15 is 0 Å². The summed E-state index contributed by atoms with van der Waals surface area (Å²) in [7, 11) is 0. The Morgan fingerprint density at radius 3 is 2.27 bits per heavy atom. The molecule has 4 N–H and O–H groups in total. The van der Waals surface area contributed by atoms with Crippen LogP contribution in [0.5, 0.6) is 0 Å². The molecule has 0 rings (SSSR count). The lowest BCUT2D eigenvalue weighted by atomic mass is 10.0. The number of nitrogens with one attached hydrogen (secondary N) is 1. The van der Waals surface area contributed by atoms with Gasteiger partial charge in [0.15, 0.2) is 0 Å². The third-order valence-corrected chi connectivity index (χ3v) is 1.49. The Kier molecular flexibility index (Phi) is 6.70. The highest BCUT2D eigenvalue weighted by molar-refractivity contribution is 4.73. The maximum Gasteiger partial charge on any atom is 0.109 e. The molecule has 4 heteroatoms. The highest BCUT2D eigenvalue weighted by Gasteiger charge is 2.24. The second-order valence-electron chi connectivity index (χ2n) is 2.88. The lowest BCUT2D eigenvalue weighted by molar-refractivity contribution is -0.138. The van der Waals surface area contributed by atoms with E-state index in [2.05, 4.69) is 5.48 Å². The minimum absolute atomic E-state index is 0. The zero-order valence-corrected chi connectivity index (χ0v) is 7.64. The molecule has 0 spiro atoms. The van der Waals surface area contributed by atoms with Crippen LogP contribution in [0.15, 0.2) is 0 Å². The Hall–Kier alpha value is -0.160. The van der Waals surface area contributed by atoms with Crippen molar-refractivity contribution in [3.8, 4) is 0 Å². The van der Waals surface area contributed by atoms with Gasteiger partial charge in [-0.3, -0.25) is 4.84 Å². The molecule has 0 bridgehead atoms. The fraction of sp³-hybridized carbons (Fsp3) is 1.00. The maximum absolute atomic E-state index is 9.14. The van der Waals surface area contributed by atoms with Crippen molar-refractivity contribution in [2.45, 2.75) is 39.4 Å². The molecule has 0 aromatic heterocycles. The van der Waals surface area contributed by atoms with Gasteiger partial charge < -0.3 is 10.6 Å². The molecular weight excluding hydrogens is 146 g/mol. The number of aliphatic hydroxyl groups excluding tert-OH is 1. The predicted octanol–water partition coefficient (Wildman–Crippen LogP) is -0.138. The van der Waals surface area contributed by atoms with Gasteiger partial charge in [-0.15, -0.1) is 0 Å². The molecule has 0 heterocycles. The first-order chi connectivity index (χ1) is 4.50. The summed E-state index contributed by atoms with van der Waals surface area (Å²) in [4.78, 5) is 5.14. The second kappa shape index (κ2) is 5.49. The van der Waals surface area contributed by atoms with Gasteiger partial charge >= 0.3 is 0 Å². The minimum atomic E-state index is -0.504. The molecule has 0 saturated heterocycles. The largest absolute Gasteiger partial charge is 0.412 e. The van der Waals surface area contributed by atoms with Crippen molar-refractivity contribution in [2.24, 2.45) is 0 Å². The van der Waals surface area contributed by atoms with E-state index < -0.39 is 11.7 Å². The molecule has 0 amide bonds. The van der Waals surface area contributed by atoms with Crippen molar-refractivity contribution in [3.05, 3.63) is 0 Å². The van der Waals surface area contributed by atoms with Crippen LogP contribution in [0.3, 0.4) is 0 Å². The normalized spacial score (nSPS) is 13.9. The first-order valence-corrected chi connectivity index (χ1v) is 3.59. The van der Waals surface area contributed by atoms with Crippen LogP contribution in [0, 0.1) is 0 Å². The summed E-state index contributed by atoms with van der Waals surface area (Å²) in [6, 6.07) is 0. The van der Waals surface area contributed by atoms with Gasteiger partial charge in [-0.1, -0.05) is 6.92 Å². The molecule has 1 unspecified atom stereocenters. The molecule has 70 valence electrons. The van der Waals surface area contributed by atoms with Crippen LogP contribution >= 0.6 is 0 Å². The van der Waals surface area contributed by atoms with E-state index in [0.717, 1.165) is 6.54 Å². The van der Waals surface area contributed by atoms with Gasteiger partial charge in [-0.05, 0) is 20.8 Å². The van der Waals surface area contributed by atoms with Crippen LogP contribution < -0.4 is 5.48 Å². The average Bonchev–Trinajstić information content (AvgIpc) is 1.84. The number of hydrogen-bond donors (Lipinski definition) is 2. The number of hydroxylamine groups is 1. The third-order valence-electron chi connectivity index (χ3n) is 1.49. The zero-order chi connectivity index (χ0) is 8.20. The molecule has 0 aromatic rings. The standard InChI is InChI=1S/C7H17NO2.H2O/c1-5-8-10-7(3,4)6(2)9;/h6,8-9H,5H2,1-4H3;1H2. The van der Waals surface area contributed by atoms with Gasteiger partial charge in [0.2, 0.25) is 0 Å². The Bertz CT molecular complexity index is 93.7. The Morgan fingerprint density at radius 1 is 1.55 bits per heavy atom. The lowest BCUT2D eigenvalue weighted by Crippen LogP contribution is -2.41. The fourth-order valence-electron chi connectivity index (χ4n) is 0.343. The molecule has 0 saturated carbocycles. The van der Waals surface area contributed by atoms with Crippen molar-refractivity contribution >= 4 is 0 Å². The number of hydrogen-bond acceptors (Lipinski definition) is 3. The van der Waals surface area contributed by atoms with Crippen LogP contribution in [0.2, 0.25) is 0 Å². The Labute approximate surface area is 67.8 Å². The van der Waals surface area contributed by atoms with E-state index in [0.29, 0.717) is 0 Å². The summed E-state index contributed by atoms with van der Waals surface area (Å²) >= 11 is 0. The first kappa shape index (κ1) is 13.4. The summed E-state index contributed by atoms with van der Waals surface area (Å²) in [5, 5.41) is 9.14. The van der Waals surface area contributed by atoms with E-state index in [4.69, 9.17) is 9.94 Å². The molecule has 0 aromatic carbocycles. The Morgan fingerprint density at radius 2 is 2.00 bits per heavy atom. The predicted molar refractivity (Wildman–Crippen MR) is 44.1 cm³/mol. The quantitative estimate of drug-likeness (QED) is 0.569. The smallest absolute Gasteiger partial charge is 0.109 e. The van der Waals surface area contributed by atoms with Crippen LogP contribution in [0.1, 0.15) is 27.7 Å². The van der Waals surface area contributed by atoms with E-state index in [9.17, 15) is 0 Å². The summed E-state index contributed by atoms with van der Waals surface area (Å²) < 4.78 is 0. The van der Waals surface area contributed by atoms with Crippen LogP contribution in [0.25, 0.3) is 0 Å². The summed E-state index contributed by atoms with van der Waals surface area (Å²) in [5.74, 6) is 0. The first-order valence-electron chi connectivity index (χ1n) is 3.59. The molecule has 4 nitrogen and oxygen atoms in total. The molecule has 0 aliphatic rings.